The molecule has 0 radical (unpaired) electrons. The van der Waals surface area contributed by atoms with Gasteiger partial charge in [0.25, 0.3) is 5.91 Å². The van der Waals surface area contributed by atoms with Crippen LogP contribution >= 0.6 is 15.9 Å². The lowest BCUT2D eigenvalue weighted by Crippen LogP contribution is -2.17. The SMILES string of the molecule is CCc1nnc(C)cc1C(=O)Nc1ccccc1CBr. The predicted octanol–water partition coefficient (Wildman–Crippen LogP) is 3.49. The molecule has 0 saturated carbocycles. The van der Waals surface area contributed by atoms with Crippen molar-refractivity contribution in [2.24, 2.45) is 0 Å². The Morgan fingerprint density at radius 1 is 1.30 bits per heavy atom. The quantitative estimate of drug-likeness (QED) is 0.871. The van der Waals surface area contributed by atoms with Gasteiger partial charge >= 0.3 is 0 Å². The number of halogens is 1. The smallest absolute Gasteiger partial charge is 0.257 e. The topological polar surface area (TPSA) is 54.9 Å². The van der Waals surface area contributed by atoms with Gasteiger partial charge in [-0.25, -0.2) is 0 Å². The number of hydrogen-bond acceptors (Lipinski definition) is 3. The van der Waals surface area contributed by atoms with E-state index in [1.165, 1.54) is 0 Å². The standard InChI is InChI=1S/C15H16BrN3O/c1-3-13-12(8-10(2)18-19-13)15(20)17-14-7-5-4-6-11(14)9-16/h4-8H,3,9H2,1-2H3,(H,17,20). The van der Waals surface area contributed by atoms with E-state index < -0.39 is 0 Å². The van der Waals surface area contributed by atoms with E-state index in [2.05, 4.69) is 31.4 Å². The second kappa shape index (κ2) is 6.61. The van der Waals surface area contributed by atoms with Gasteiger partial charge in [-0.3, -0.25) is 4.79 Å². The van der Waals surface area contributed by atoms with Crippen LogP contribution in [0.3, 0.4) is 0 Å². The van der Waals surface area contributed by atoms with Gasteiger partial charge in [-0.2, -0.15) is 10.2 Å². The van der Waals surface area contributed by atoms with Gasteiger partial charge in [0.1, 0.15) is 0 Å². The van der Waals surface area contributed by atoms with Crippen molar-refractivity contribution in [2.75, 3.05) is 5.32 Å². The van der Waals surface area contributed by atoms with E-state index in [-0.39, 0.29) is 5.91 Å². The highest BCUT2D eigenvalue weighted by Gasteiger charge is 2.14. The number of amides is 1. The van der Waals surface area contributed by atoms with Gasteiger partial charge in [-0.1, -0.05) is 41.1 Å². The van der Waals surface area contributed by atoms with Crippen LogP contribution in [0.5, 0.6) is 0 Å². The Labute approximate surface area is 126 Å². The minimum Gasteiger partial charge on any atom is -0.322 e. The van der Waals surface area contributed by atoms with Gasteiger partial charge < -0.3 is 5.32 Å². The van der Waals surface area contributed by atoms with Gasteiger partial charge in [0.15, 0.2) is 0 Å². The van der Waals surface area contributed by atoms with Crippen LogP contribution in [0.2, 0.25) is 0 Å². The molecular weight excluding hydrogens is 318 g/mol. The molecule has 0 saturated heterocycles. The van der Waals surface area contributed by atoms with E-state index in [4.69, 9.17) is 0 Å². The molecule has 0 spiro atoms. The number of rotatable bonds is 4. The van der Waals surface area contributed by atoms with E-state index in [1.807, 2.05) is 38.1 Å². The zero-order valence-corrected chi connectivity index (χ0v) is 13.1. The van der Waals surface area contributed by atoms with Crippen molar-refractivity contribution in [3.63, 3.8) is 0 Å². The van der Waals surface area contributed by atoms with E-state index in [9.17, 15) is 4.79 Å². The lowest BCUT2D eigenvalue weighted by molar-refractivity contribution is 0.102. The number of anilines is 1. The normalized spacial score (nSPS) is 10.3. The summed E-state index contributed by atoms with van der Waals surface area (Å²) in [5, 5.41) is 11.7. The summed E-state index contributed by atoms with van der Waals surface area (Å²) in [7, 11) is 0. The minimum absolute atomic E-state index is 0.145. The van der Waals surface area contributed by atoms with Crippen LogP contribution in [0.15, 0.2) is 30.3 Å². The van der Waals surface area contributed by atoms with Crippen molar-refractivity contribution in [3.05, 3.63) is 52.8 Å². The number of benzene rings is 1. The van der Waals surface area contributed by atoms with Gasteiger partial charge in [-0.05, 0) is 31.0 Å². The van der Waals surface area contributed by atoms with Crippen molar-refractivity contribution >= 4 is 27.5 Å². The number of nitrogens with one attached hydrogen (secondary N) is 1. The molecule has 1 N–H and O–H groups in total. The molecule has 1 aromatic carbocycles. The molecule has 1 aromatic heterocycles. The number of nitrogens with zero attached hydrogens (tertiary/aromatic N) is 2. The third-order valence-electron chi connectivity index (χ3n) is 2.98. The van der Waals surface area contributed by atoms with Crippen molar-refractivity contribution in [2.45, 2.75) is 25.6 Å². The molecule has 2 rings (SSSR count). The van der Waals surface area contributed by atoms with Crippen LogP contribution in [0.1, 0.15) is 34.2 Å². The molecule has 2 aromatic rings. The van der Waals surface area contributed by atoms with Gasteiger partial charge in [0.2, 0.25) is 0 Å². The van der Waals surface area contributed by atoms with Gasteiger partial charge in [-0.15, -0.1) is 0 Å². The van der Waals surface area contributed by atoms with Gasteiger partial charge in [0.05, 0.1) is 17.0 Å². The average Bonchev–Trinajstić information content (AvgIpc) is 2.47. The minimum atomic E-state index is -0.145. The number of carbonyl (C=O) groups excluding carboxylic acids is 1. The molecule has 0 unspecified atom stereocenters. The lowest BCUT2D eigenvalue weighted by atomic mass is 10.1. The van der Waals surface area contributed by atoms with Crippen LogP contribution in [0, 0.1) is 6.92 Å². The number of hydrogen-bond donors (Lipinski definition) is 1. The highest BCUT2D eigenvalue weighted by Crippen LogP contribution is 2.19. The average molecular weight is 334 g/mol. The number of para-hydroxylation sites is 1. The number of carbonyl (C=O) groups is 1. The zero-order valence-electron chi connectivity index (χ0n) is 11.5. The molecule has 0 fully saturated rings. The fourth-order valence-electron chi connectivity index (χ4n) is 1.92. The predicted molar refractivity (Wildman–Crippen MR) is 83.2 cm³/mol. The summed E-state index contributed by atoms with van der Waals surface area (Å²) < 4.78 is 0. The number of alkyl halides is 1. The largest absolute Gasteiger partial charge is 0.322 e. The summed E-state index contributed by atoms with van der Waals surface area (Å²) in [4.78, 5) is 12.4. The summed E-state index contributed by atoms with van der Waals surface area (Å²) in [6, 6.07) is 9.49. The Morgan fingerprint density at radius 2 is 2.05 bits per heavy atom. The number of aryl methyl sites for hydroxylation is 2. The molecule has 0 atom stereocenters. The molecule has 0 aliphatic heterocycles. The van der Waals surface area contributed by atoms with Crippen LogP contribution in [0.25, 0.3) is 0 Å². The maximum absolute atomic E-state index is 12.4. The Hall–Kier alpha value is -1.75. The van der Waals surface area contributed by atoms with Crippen LogP contribution in [-0.2, 0) is 11.8 Å². The molecule has 5 heteroatoms. The molecule has 4 nitrogen and oxygen atoms in total. The van der Waals surface area contributed by atoms with Crippen molar-refractivity contribution in [1.29, 1.82) is 0 Å². The molecule has 1 heterocycles. The van der Waals surface area contributed by atoms with E-state index in [1.54, 1.807) is 6.07 Å². The molecule has 0 aliphatic rings. The first-order chi connectivity index (χ1) is 9.65. The Balaban J connectivity index is 2.30. The molecule has 20 heavy (non-hydrogen) atoms. The van der Waals surface area contributed by atoms with Gasteiger partial charge in [0, 0.05) is 11.0 Å². The first-order valence-electron chi connectivity index (χ1n) is 6.44. The number of aromatic nitrogens is 2. The van der Waals surface area contributed by atoms with E-state index in [0.717, 1.165) is 16.9 Å². The zero-order chi connectivity index (χ0) is 14.5. The Kier molecular flexibility index (Phi) is 4.84. The first-order valence-corrected chi connectivity index (χ1v) is 7.56. The molecule has 1 amide bonds. The molecule has 0 bridgehead atoms. The van der Waals surface area contributed by atoms with Crippen molar-refractivity contribution in [3.8, 4) is 0 Å². The molecule has 104 valence electrons. The summed E-state index contributed by atoms with van der Waals surface area (Å²) in [5.74, 6) is -0.145. The third-order valence-corrected chi connectivity index (χ3v) is 3.59. The maximum Gasteiger partial charge on any atom is 0.257 e. The monoisotopic (exact) mass is 333 g/mol. The third kappa shape index (κ3) is 3.22. The fourth-order valence-corrected chi connectivity index (χ4v) is 2.41. The Bertz CT molecular complexity index is 628. The second-order valence-electron chi connectivity index (χ2n) is 4.44. The van der Waals surface area contributed by atoms with E-state index >= 15 is 0 Å². The molecule has 0 aliphatic carbocycles. The van der Waals surface area contributed by atoms with Crippen LogP contribution in [-0.4, -0.2) is 16.1 Å². The highest BCUT2D eigenvalue weighted by atomic mass is 79.9. The summed E-state index contributed by atoms with van der Waals surface area (Å²) in [6.45, 7) is 3.79. The van der Waals surface area contributed by atoms with Crippen LogP contribution in [0.4, 0.5) is 5.69 Å². The highest BCUT2D eigenvalue weighted by molar-refractivity contribution is 9.08. The summed E-state index contributed by atoms with van der Waals surface area (Å²) in [6.07, 6.45) is 0.677. The summed E-state index contributed by atoms with van der Waals surface area (Å²) in [5.41, 5.74) is 3.89. The van der Waals surface area contributed by atoms with E-state index in [0.29, 0.717) is 23.0 Å². The maximum atomic E-state index is 12.4. The second-order valence-corrected chi connectivity index (χ2v) is 5.01. The van der Waals surface area contributed by atoms with Crippen LogP contribution < -0.4 is 5.32 Å². The Morgan fingerprint density at radius 3 is 2.75 bits per heavy atom. The molecular formula is C15H16BrN3O. The van der Waals surface area contributed by atoms with Crippen molar-refractivity contribution in [1.82, 2.24) is 10.2 Å². The lowest BCUT2D eigenvalue weighted by Gasteiger charge is -2.11. The van der Waals surface area contributed by atoms with Crippen molar-refractivity contribution < 1.29 is 4.79 Å². The fraction of sp³-hybridized carbons (Fsp3) is 0.267. The first kappa shape index (κ1) is 14.7. The summed E-state index contributed by atoms with van der Waals surface area (Å²) >= 11 is 3.42.